The van der Waals surface area contributed by atoms with Gasteiger partial charge in [-0.15, -0.1) is 0 Å². The van der Waals surface area contributed by atoms with Crippen LogP contribution < -0.4 is 0 Å². The summed E-state index contributed by atoms with van der Waals surface area (Å²) in [7, 11) is 0. The zero-order valence-electron chi connectivity index (χ0n) is 17.8. The molecule has 0 saturated carbocycles. The second kappa shape index (κ2) is 16.8. The highest BCUT2D eigenvalue weighted by Crippen LogP contribution is 2.12. The minimum absolute atomic E-state index is 0. The monoisotopic (exact) mass is 410 g/mol. The van der Waals surface area contributed by atoms with Crippen LogP contribution in [0.15, 0.2) is 75.9 Å². The quantitative estimate of drug-likeness (QED) is 0.158. The summed E-state index contributed by atoms with van der Waals surface area (Å²) in [6.07, 6.45) is 6.97. The van der Waals surface area contributed by atoms with E-state index in [9.17, 15) is 9.59 Å². The van der Waals surface area contributed by atoms with Gasteiger partial charge in [-0.05, 0) is 98.2 Å². The van der Waals surface area contributed by atoms with E-state index in [0.29, 0.717) is 12.3 Å². The molecule has 2 atom stereocenters. The summed E-state index contributed by atoms with van der Waals surface area (Å²) in [5.74, 6) is -1.35. The Bertz CT molecular complexity index is 967. The van der Waals surface area contributed by atoms with Crippen LogP contribution in [0.5, 0.6) is 0 Å². The van der Waals surface area contributed by atoms with Crippen molar-refractivity contribution >= 4 is 11.8 Å². The van der Waals surface area contributed by atoms with Gasteiger partial charge in [-0.2, -0.15) is 0 Å². The first-order valence-electron chi connectivity index (χ1n) is 9.57. The molecule has 0 bridgehead atoms. The molecule has 0 aliphatic rings. The molecule has 0 amide bonds. The predicted octanol–water partition coefficient (Wildman–Crippen LogP) is 8.19. The highest BCUT2D eigenvalue weighted by Gasteiger charge is 2.21. The maximum Gasteiger partial charge on any atom is 0.374 e. The number of hydrogen-bond donors (Lipinski definition) is 0. The molecule has 172 valence electrons. The molecule has 0 radical (unpaired) electrons. The van der Waals surface area contributed by atoms with E-state index in [4.69, 9.17) is 4.74 Å². The highest BCUT2D eigenvalue weighted by atomic mass is 16.5. The van der Waals surface area contributed by atoms with Gasteiger partial charge in [-0.25, -0.2) is 4.79 Å². The second-order valence-electron chi connectivity index (χ2n) is 6.79. The van der Waals surface area contributed by atoms with Gasteiger partial charge >= 0.3 is 5.97 Å². The summed E-state index contributed by atoms with van der Waals surface area (Å²) in [6, 6.07) is 0. The molecule has 29 heavy (non-hydrogen) atoms. The second-order valence-corrected chi connectivity index (χ2v) is 6.79. The van der Waals surface area contributed by atoms with Crippen LogP contribution in [0.4, 0.5) is 0 Å². The van der Waals surface area contributed by atoms with Crippen molar-refractivity contribution in [3.05, 3.63) is 75.9 Å². The van der Waals surface area contributed by atoms with Gasteiger partial charge in [0.15, 0.2) is 0 Å². The first kappa shape index (κ1) is 25.6. The molecule has 0 aromatic rings. The van der Waals surface area contributed by atoms with Gasteiger partial charge in [0.25, 0.3) is 0 Å². The van der Waals surface area contributed by atoms with Crippen molar-refractivity contribution in [2.45, 2.75) is 53.4 Å². The fourth-order valence-electron chi connectivity index (χ4n) is 2.06. The third kappa shape index (κ3) is 15.4. The highest BCUT2D eigenvalue weighted by molar-refractivity contribution is 6.34. The minimum atomic E-state index is -0.775. The molecule has 0 aromatic heterocycles. The van der Waals surface area contributed by atoms with Gasteiger partial charge in [0.2, 0.25) is 5.78 Å². The molecular formula is C26H50O3. The third-order valence-corrected chi connectivity index (χ3v) is 3.81. The van der Waals surface area contributed by atoms with E-state index in [1.54, 1.807) is 13.0 Å². The van der Waals surface area contributed by atoms with E-state index in [2.05, 4.69) is 85.0 Å². The van der Waals surface area contributed by atoms with Crippen molar-refractivity contribution in [1.82, 2.24) is 0 Å². The Hall–Kier alpha value is -3.36. The van der Waals surface area contributed by atoms with Gasteiger partial charge in [0.1, 0.15) is 0 Å². The number of carbonyl (C=O) groups excluding carboxylic acids is 2. The number of hydrogen-bond acceptors (Lipinski definition) is 3. The number of carbonyl (C=O) groups is 2. The zero-order valence-corrected chi connectivity index (χ0v) is 17.8. The Morgan fingerprint density at radius 2 is 1.62 bits per heavy atom. The number of ether oxygens (including phenoxy) is 1. The molecule has 0 aliphatic carbocycles. The maximum absolute atomic E-state index is 12.0. The zero-order chi connectivity index (χ0) is 21.9. The fourth-order valence-corrected chi connectivity index (χ4v) is 2.06. The summed E-state index contributed by atoms with van der Waals surface area (Å²) in [5, 5.41) is 0. The topological polar surface area (TPSA) is 43.4 Å². The standard InChI is InChI=1S/C26H28O3.11H2/c1-6-7-8-9-10-11-12-13-14-15-19-24(5)25(27)26(28)29-21-20-23(4)18-16-17-22(2)3;;;;;;;;;;;/h15,17,23-24H,1,16,18-21H2,2-5H3;11*1H. The normalized spacial score (nSPS) is 10.3. The van der Waals surface area contributed by atoms with E-state index in [1.807, 2.05) is 0 Å². The first-order valence-corrected chi connectivity index (χ1v) is 9.57. The Kier molecular flexibility index (Phi) is 14.8. The van der Waals surface area contributed by atoms with Crippen LogP contribution in [0.1, 0.15) is 69.1 Å². The van der Waals surface area contributed by atoms with E-state index < -0.39 is 17.7 Å². The number of Topliss-reactive ketones (excluding diaryl/α,β-unsaturated/α-hetero) is 1. The summed E-state index contributed by atoms with van der Waals surface area (Å²) in [4.78, 5) is 23.9. The summed E-state index contributed by atoms with van der Waals surface area (Å²) < 4.78 is 5.11. The third-order valence-electron chi connectivity index (χ3n) is 3.81. The van der Waals surface area contributed by atoms with Crippen molar-refractivity contribution in [2.24, 2.45) is 11.8 Å². The number of esters is 1. The lowest BCUT2D eigenvalue weighted by Crippen LogP contribution is -2.24. The van der Waals surface area contributed by atoms with Crippen LogP contribution in [-0.2, 0) is 14.3 Å². The van der Waals surface area contributed by atoms with Crippen molar-refractivity contribution in [1.29, 1.82) is 0 Å². The predicted molar refractivity (Wildman–Crippen MR) is 137 cm³/mol. The number of allylic oxidation sites excluding steroid dienone is 3. The lowest BCUT2D eigenvalue weighted by Gasteiger charge is -2.11. The molecule has 3 nitrogen and oxygen atoms in total. The number of rotatable bonds is 10. The van der Waals surface area contributed by atoms with Gasteiger partial charge in [0, 0.05) is 21.6 Å². The van der Waals surface area contributed by atoms with E-state index in [-0.39, 0.29) is 22.3 Å². The number of ketones is 1. The van der Waals surface area contributed by atoms with Gasteiger partial charge in [-0.1, -0.05) is 37.0 Å². The molecule has 0 N–H and O–H groups in total. The van der Waals surface area contributed by atoms with Crippen LogP contribution in [0.3, 0.4) is 0 Å². The molecular weight excluding hydrogens is 360 g/mol. The minimum Gasteiger partial charge on any atom is -0.460 e. The van der Waals surface area contributed by atoms with Crippen LogP contribution in [0.2, 0.25) is 0 Å². The fraction of sp³-hybridized carbons (Fsp3) is 0.423. The SMILES string of the molecule is C=C=C=C=C=C=C=C=C=C=CCC(C)C(=O)C(=O)OCCC(C)CCC=C(C)C.[HH].[HH].[HH].[HH].[HH].[HH].[HH].[HH].[HH].[HH].[HH]. The van der Waals surface area contributed by atoms with Crippen molar-refractivity contribution in [3.8, 4) is 0 Å². The van der Waals surface area contributed by atoms with Crippen molar-refractivity contribution < 1.29 is 30.0 Å². The molecule has 2 unspecified atom stereocenters. The average molecular weight is 411 g/mol. The molecule has 0 heterocycles. The Balaban J connectivity index is -0.0000000713. The maximum atomic E-state index is 12.0. The van der Waals surface area contributed by atoms with Crippen LogP contribution in [-0.4, -0.2) is 18.4 Å². The van der Waals surface area contributed by atoms with E-state index >= 15 is 0 Å². The van der Waals surface area contributed by atoms with E-state index in [0.717, 1.165) is 19.3 Å². The van der Waals surface area contributed by atoms with Gasteiger partial charge in [0.05, 0.1) is 6.61 Å². The Morgan fingerprint density at radius 1 is 1.00 bits per heavy atom. The van der Waals surface area contributed by atoms with Crippen molar-refractivity contribution in [3.63, 3.8) is 0 Å². The molecule has 0 aromatic carbocycles. The Labute approximate surface area is 190 Å². The molecule has 3 heteroatoms. The molecule has 0 rings (SSSR count). The molecule has 0 fully saturated rings. The van der Waals surface area contributed by atoms with Crippen LogP contribution >= 0.6 is 0 Å². The lowest BCUT2D eigenvalue weighted by atomic mass is 10.0. The smallest absolute Gasteiger partial charge is 0.374 e. The average Bonchev–Trinajstić information content (AvgIpc) is 2.68. The van der Waals surface area contributed by atoms with E-state index in [1.165, 1.54) is 5.57 Å². The Morgan fingerprint density at radius 3 is 2.24 bits per heavy atom. The first-order chi connectivity index (χ1) is 13.9. The largest absolute Gasteiger partial charge is 0.460 e. The van der Waals surface area contributed by atoms with Crippen LogP contribution in [0.25, 0.3) is 0 Å². The van der Waals surface area contributed by atoms with Gasteiger partial charge in [-0.3, -0.25) is 4.79 Å². The molecule has 0 spiro atoms. The molecule has 0 aliphatic heterocycles. The summed E-state index contributed by atoms with van der Waals surface area (Å²) in [5.41, 5.74) is 24.0. The molecule has 0 saturated heterocycles. The lowest BCUT2D eigenvalue weighted by molar-refractivity contribution is -0.155. The van der Waals surface area contributed by atoms with Crippen LogP contribution in [0, 0.1) is 11.8 Å². The van der Waals surface area contributed by atoms with Crippen molar-refractivity contribution in [2.75, 3.05) is 6.61 Å². The summed E-state index contributed by atoms with van der Waals surface area (Å²) in [6.45, 7) is 11.5. The summed E-state index contributed by atoms with van der Waals surface area (Å²) >= 11 is 0. The van der Waals surface area contributed by atoms with Gasteiger partial charge < -0.3 is 4.74 Å².